The minimum Gasteiger partial charge on any atom is -0.294 e. The molecule has 31 heavy (non-hydrogen) atoms. The first kappa shape index (κ1) is 21.2. The van der Waals surface area contributed by atoms with Gasteiger partial charge in [0.2, 0.25) is 0 Å². The fourth-order valence-electron chi connectivity index (χ4n) is 3.47. The first-order chi connectivity index (χ1) is 14.8. The smallest absolute Gasteiger partial charge is 0.294 e. The molecule has 0 radical (unpaired) electrons. The van der Waals surface area contributed by atoms with Gasteiger partial charge in [-0.1, -0.05) is 30.3 Å². The van der Waals surface area contributed by atoms with E-state index < -0.39 is 17.7 Å². The van der Waals surface area contributed by atoms with Crippen molar-refractivity contribution in [1.82, 2.24) is 9.97 Å². The van der Waals surface area contributed by atoms with E-state index in [4.69, 9.17) is 0 Å². The Morgan fingerprint density at radius 3 is 2.35 bits per heavy atom. The first-order valence-electron chi connectivity index (χ1n) is 9.48. The van der Waals surface area contributed by atoms with Crippen molar-refractivity contribution in [3.8, 4) is 0 Å². The number of carbonyl (C=O) groups excluding carboxylic acids is 1. The molecule has 2 aromatic carbocycles. The van der Waals surface area contributed by atoms with Crippen LogP contribution in [0.1, 0.15) is 39.5 Å². The van der Waals surface area contributed by atoms with Crippen molar-refractivity contribution >= 4 is 32.6 Å². The molecule has 2 heterocycles. The summed E-state index contributed by atoms with van der Waals surface area (Å²) in [6.45, 7) is 0. The summed E-state index contributed by atoms with van der Waals surface area (Å²) in [4.78, 5) is 21.8. The van der Waals surface area contributed by atoms with Crippen molar-refractivity contribution in [2.45, 2.75) is 18.5 Å². The third-order valence-electron chi connectivity index (χ3n) is 5.07. The molecule has 0 aliphatic carbocycles. The molecule has 0 saturated heterocycles. The normalized spacial score (nSPS) is 12.6. The van der Waals surface area contributed by atoms with Gasteiger partial charge in [-0.2, -0.15) is 13.2 Å². The van der Waals surface area contributed by atoms with Crippen LogP contribution in [0.15, 0.2) is 83.6 Å². The molecule has 7 heteroatoms. The number of rotatable bonds is 5. The number of aromatic nitrogens is 2. The molecule has 0 saturated carbocycles. The highest BCUT2D eigenvalue weighted by Crippen LogP contribution is 2.35. The van der Waals surface area contributed by atoms with Crippen molar-refractivity contribution in [3.63, 3.8) is 0 Å². The molecule has 156 valence electrons. The van der Waals surface area contributed by atoms with Crippen LogP contribution in [0.3, 0.4) is 0 Å². The van der Waals surface area contributed by atoms with Gasteiger partial charge in [0, 0.05) is 40.2 Å². The van der Waals surface area contributed by atoms with Gasteiger partial charge in [-0.25, -0.2) is 0 Å². The van der Waals surface area contributed by atoms with Gasteiger partial charge < -0.3 is 0 Å². The number of hydrogen-bond acceptors (Lipinski definition) is 3. The number of pyridine rings is 2. The van der Waals surface area contributed by atoms with E-state index in [1.165, 1.54) is 12.1 Å². The van der Waals surface area contributed by atoms with Crippen molar-refractivity contribution in [3.05, 3.63) is 106 Å². The van der Waals surface area contributed by atoms with Gasteiger partial charge in [-0.15, -0.1) is 0 Å². The lowest BCUT2D eigenvalue weighted by atomic mass is 9.88. The van der Waals surface area contributed by atoms with Gasteiger partial charge in [-0.3, -0.25) is 14.8 Å². The molecule has 0 unspecified atom stereocenters. The van der Waals surface area contributed by atoms with Crippen LogP contribution >= 0.6 is 15.9 Å². The second-order valence-corrected chi connectivity index (χ2v) is 7.94. The number of alkyl halides is 3. The van der Waals surface area contributed by atoms with E-state index in [9.17, 15) is 18.0 Å². The summed E-state index contributed by atoms with van der Waals surface area (Å²) in [6.07, 6.45) is -1.11. The van der Waals surface area contributed by atoms with Crippen LogP contribution < -0.4 is 0 Å². The van der Waals surface area contributed by atoms with Crippen LogP contribution in [-0.2, 0) is 6.18 Å². The van der Waals surface area contributed by atoms with E-state index >= 15 is 0 Å². The van der Waals surface area contributed by atoms with Crippen LogP contribution in [-0.4, -0.2) is 15.8 Å². The topological polar surface area (TPSA) is 42.9 Å². The maximum absolute atomic E-state index is 13.1. The lowest BCUT2D eigenvalue weighted by Gasteiger charge is -2.19. The maximum Gasteiger partial charge on any atom is 0.416 e. The number of fused-ring (bicyclic) bond motifs is 1. The Bertz CT molecular complexity index is 1240. The third kappa shape index (κ3) is 4.66. The summed E-state index contributed by atoms with van der Waals surface area (Å²) in [5.41, 5.74) is 1.64. The molecule has 0 amide bonds. The van der Waals surface area contributed by atoms with Crippen LogP contribution in [0.2, 0.25) is 0 Å². The third-order valence-corrected chi connectivity index (χ3v) is 5.75. The van der Waals surface area contributed by atoms with E-state index in [1.54, 1.807) is 36.7 Å². The van der Waals surface area contributed by atoms with Crippen molar-refractivity contribution in [2.24, 2.45) is 0 Å². The van der Waals surface area contributed by atoms with Gasteiger partial charge in [0.25, 0.3) is 0 Å². The zero-order valence-electron chi connectivity index (χ0n) is 16.1. The Balaban J connectivity index is 1.70. The molecule has 0 N–H and O–H groups in total. The molecule has 0 aliphatic heterocycles. The van der Waals surface area contributed by atoms with Gasteiger partial charge in [0.1, 0.15) is 0 Å². The van der Waals surface area contributed by atoms with Gasteiger partial charge in [-0.05, 0) is 57.9 Å². The van der Waals surface area contributed by atoms with Crippen LogP contribution in [0, 0.1) is 0 Å². The fraction of sp³-hybridized carbons (Fsp3) is 0.125. The second kappa shape index (κ2) is 8.59. The Morgan fingerprint density at radius 1 is 0.935 bits per heavy atom. The number of carbonyl (C=O) groups is 1. The minimum atomic E-state index is -4.42. The highest BCUT2D eigenvalue weighted by Gasteiger charge is 2.31. The largest absolute Gasteiger partial charge is 0.416 e. The quantitative estimate of drug-likeness (QED) is 0.292. The predicted octanol–water partition coefficient (Wildman–Crippen LogP) is 6.82. The molecular weight excluding hydrogens is 469 g/mol. The summed E-state index contributed by atoms with van der Waals surface area (Å²) in [5.74, 6) is -0.653. The number of benzene rings is 2. The Kier molecular flexibility index (Phi) is 5.87. The van der Waals surface area contributed by atoms with E-state index in [-0.39, 0.29) is 12.2 Å². The van der Waals surface area contributed by atoms with Crippen molar-refractivity contribution in [2.75, 3.05) is 0 Å². The standard InChI is InChI=1S/C24H16BrF3N2O/c25-20-4-2-12-30-23(20)19(15-7-9-18(10-8-15)24(26,27)28)14-22(31)17-6-5-16-3-1-11-29-21(16)13-17/h1-13,19H,14H2/t19-/m0/s1. The molecule has 4 aromatic rings. The number of ketones is 1. The minimum absolute atomic E-state index is 0.0549. The van der Waals surface area contributed by atoms with Crippen LogP contribution in [0.25, 0.3) is 10.9 Å². The molecule has 0 aliphatic rings. The SMILES string of the molecule is O=C(C[C@@H](c1ccc(C(F)(F)F)cc1)c1ncccc1Br)c1ccc2cccnc2c1. The number of halogens is 4. The van der Waals surface area contributed by atoms with Crippen molar-refractivity contribution < 1.29 is 18.0 Å². The zero-order chi connectivity index (χ0) is 22.0. The lowest BCUT2D eigenvalue weighted by molar-refractivity contribution is -0.137. The Morgan fingerprint density at radius 2 is 1.65 bits per heavy atom. The summed E-state index contributed by atoms with van der Waals surface area (Å²) < 4.78 is 39.6. The number of nitrogens with zero attached hydrogens (tertiary/aromatic N) is 2. The summed E-state index contributed by atoms with van der Waals surface area (Å²) in [5, 5.41) is 0.922. The van der Waals surface area contributed by atoms with Gasteiger partial charge in [0.05, 0.1) is 16.8 Å². The van der Waals surface area contributed by atoms with Crippen LogP contribution in [0.4, 0.5) is 13.2 Å². The molecule has 0 bridgehead atoms. The Labute approximate surface area is 185 Å². The second-order valence-electron chi connectivity index (χ2n) is 7.08. The fourth-order valence-corrected chi connectivity index (χ4v) is 4.01. The predicted molar refractivity (Wildman–Crippen MR) is 116 cm³/mol. The molecule has 4 rings (SSSR count). The highest BCUT2D eigenvalue weighted by atomic mass is 79.9. The van der Waals surface area contributed by atoms with E-state index in [2.05, 4.69) is 25.9 Å². The molecule has 0 spiro atoms. The maximum atomic E-state index is 13.1. The summed E-state index contributed by atoms with van der Waals surface area (Å²) in [6, 6.07) is 17.5. The molecule has 1 atom stereocenters. The van der Waals surface area contributed by atoms with E-state index in [0.717, 1.165) is 17.5 Å². The zero-order valence-corrected chi connectivity index (χ0v) is 17.7. The Hall–Kier alpha value is -3.06. The first-order valence-corrected chi connectivity index (χ1v) is 10.3. The summed E-state index contributed by atoms with van der Waals surface area (Å²) >= 11 is 3.46. The lowest BCUT2D eigenvalue weighted by Crippen LogP contribution is -2.12. The molecule has 3 nitrogen and oxygen atoms in total. The van der Waals surface area contributed by atoms with Crippen molar-refractivity contribution in [1.29, 1.82) is 0 Å². The molecule has 2 aromatic heterocycles. The highest BCUT2D eigenvalue weighted by molar-refractivity contribution is 9.10. The molecular formula is C24H16BrF3N2O. The monoisotopic (exact) mass is 484 g/mol. The van der Waals surface area contributed by atoms with E-state index in [1.807, 2.05) is 18.2 Å². The van der Waals surface area contributed by atoms with Gasteiger partial charge >= 0.3 is 6.18 Å². The average Bonchev–Trinajstić information content (AvgIpc) is 2.77. The molecule has 0 fully saturated rings. The van der Waals surface area contributed by atoms with Crippen LogP contribution in [0.5, 0.6) is 0 Å². The average molecular weight is 485 g/mol. The van der Waals surface area contributed by atoms with Gasteiger partial charge in [0.15, 0.2) is 5.78 Å². The summed E-state index contributed by atoms with van der Waals surface area (Å²) in [7, 11) is 0. The number of Topliss-reactive ketones (excluding diaryl/α,β-unsaturated/α-hetero) is 1. The number of hydrogen-bond donors (Lipinski definition) is 0. The van der Waals surface area contributed by atoms with E-state index in [0.29, 0.717) is 26.8 Å².